The Hall–Kier alpha value is -4.30. The first-order chi connectivity index (χ1) is 17.5. The Morgan fingerprint density at radius 3 is 2.67 bits per heavy atom. The van der Waals surface area contributed by atoms with Crippen LogP contribution in [0, 0.1) is 13.8 Å². The van der Waals surface area contributed by atoms with Crippen LogP contribution in [0.15, 0.2) is 97.8 Å². The molecule has 0 saturated heterocycles. The molecule has 0 N–H and O–H groups in total. The fraction of sp³-hybridized carbons (Fsp3) is 0.0714. The summed E-state index contributed by atoms with van der Waals surface area (Å²) in [6.45, 7) is 4.02. The number of furan rings is 1. The first kappa shape index (κ1) is 22.2. The molecule has 8 heteroatoms. The van der Waals surface area contributed by atoms with E-state index in [0.717, 1.165) is 32.6 Å². The minimum absolute atomic E-state index is 0.271. The SMILES string of the molecule is Cc1cc(C=Nn2c(-c3cc4cc(Br)ccc4o3)nc3ccccc3c2=O)c(C)n1-c1ccccn1. The molecule has 4 aromatic heterocycles. The van der Waals surface area contributed by atoms with Crippen molar-refractivity contribution in [2.45, 2.75) is 13.8 Å². The van der Waals surface area contributed by atoms with Gasteiger partial charge in [0.1, 0.15) is 11.4 Å². The number of nitrogens with zero attached hydrogens (tertiary/aromatic N) is 5. The summed E-state index contributed by atoms with van der Waals surface area (Å²) < 4.78 is 10.4. The third kappa shape index (κ3) is 3.76. The molecular weight excluding hydrogens is 518 g/mol. The molecule has 0 aliphatic heterocycles. The predicted octanol–water partition coefficient (Wildman–Crippen LogP) is 6.26. The van der Waals surface area contributed by atoms with Gasteiger partial charge in [-0.3, -0.25) is 4.79 Å². The lowest BCUT2D eigenvalue weighted by atomic mass is 10.2. The fourth-order valence-corrected chi connectivity index (χ4v) is 4.77. The zero-order chi connectivity index (χ0) is 24.8. The molecule has 6 aromatic rings. The summed E-state index contributed by atoms with van der Waals surface area (Å²) in [6.07, 6.45) is 3.45. The van der Waals surface area contributed by atoms with Crippen molar-refractivity contribution in [1.82, 2.24) is 19.2 Å². The number of rotatable bonds is 4. The standard InChI is InChI=1S/C28H20BrN5O2/c1-17-13-20(18(2)33(17)26-9-5-6-12-30-26)16-31-34-27(32-23-8-4-3-7-22(23)28(34)35)25-15-19-14-21(29)10-11-24(19)36-25/h3-16H,1-2H3. The normalized spacial score (nSPS) is 11.8. The number of halogens is 1. The third-order valence-corrected chi connectivity index (χ3v) is 6.61. The number of fused-ring (bicyclic) bond motifs is 2. The van der Waals surface area contributed by atoms with E-state index in [1.807, 2.05) is 80.6 Å². The lowest BCUT2D eigenvalue weighted by molar-refractivity contribution is 0.616. The number of pyridine rings is 1. The van der Waals surface area contributed by atoms with Crippen molar-refractivity contribution in [2.75, 3.05) is 0 Å². The fourth-order valence-electron chi connectivity index (χ4n) is 4.39. The van der Waals surface area contributed by atoms with Gasteiger partial charge < -0.3 is 8.98 Å². The highest BCUT2D eigenvalue weighted by Gasteiger charge is 2.17. The smallest absolute Gasteiger partial charge is 0.282 e. The number of benzene rings is 2. The summed E-state index contributed by atoms with van der Waals surface area (Å²) in [5.41, 5.74) is 3.86. The largest absolute Gasteiger partial charge is 0.453 e. The Labute approximate surface area is 214 Å². The molecular formula is C28H20BrN5O2. The van der Waals surface area contributed by atoms with E-state index >= 15 is 0 Å². The quantitative estimate of drug-likeness (QED) is 0.249. The summed E-state index contributed by atoms with van der Waals surface area (Å²) in [5, 5.41) is 5.99. The average Bonchev–Trinajstić information content (AvgIpc) is 3.43. The first-order valence-corrected chi connectivity index (χ1v) is 12.1. The molecule has 0 amide bonds. The molecule has 0 saturated carbocycles. The number of para-hydroxylation sites is 1. The van der Waals surface area contributed by atoms with Crippen LogP contribution >= 0.6 is 15.9 Å². The Bertz CT molecular complexity index is 1850. The second-order valence-corrected chi connectivity index (χ2v) is 9.37. The average molecular weight is 538 g/mol. The van der Waals surface area contributed by atoms with E-state index in [9.17, 15) is 4.79 Å². The highest BCUT2D eigenvalue weighted by molar-refractivity contribution is 9.10. The lowest BCUT2D eigenvalue weighted by Crippen LogP contribution is -2.20. The van der Waals surface area contributed by atoms with Gasteiger partial charge in [0.15, 0.2) is 5.76 Å². The number of hydrogen-bond donors (Lipinski definition) is 0. The van der Waals surface area contributed by atoms with E-state index in [0.29, 0.717) is 28.1 Å². The minimum atomic E-state index is -0.271. The van der Waals surface area contributed by atoms with E-state index in [2.05, 4.69) is 30.6 Å². The molecule has 0 unspecified atom stereocenters. The number of hydrogen-bond acceptors (Lipinski definition) is 5. The van der Waals surface area contributed by atoms with E-state index in [-0.39, 0.29) is 5.56 Å². The van der Waals surface area contributed by atoms with E-state index in [1.165, 1.54) is 4.68 Å². The summed E-state index contributed by atoms with van der Waals surface area (Å²) >= 11 is 3.50. The van der Waals surface area contributed by atoms with Gasteiger partial charge in [0, 0.05) is 33.0 Å². The molecule has 7 nitrogen and oxygen atoms in total. The van der Waals surface area contributed by atoms with Gasteiger partial charge in [-0.25, -0.2) is 9.97 Å². The maximum absolute atomic E-state index is 13.5. The number of aryl methyl sites for hydroxylation is 1. The van der Waals surface area contributed by atoms with Crippen molar-refractivity contribution in [2.24, 2.45) is 5.10 Å². The summed E-state index contributed by atoms with van der Waals surface area (Å²) in [7, 11) is 0. The maximum Gasteiger partial charge on any atom is 0.282 e. The van der Waals surface area contributed by atoms with Gasteiger partial charge in [0.05, 0.1) is 17.1 Å². The second-order valence-electron chi connectivity index (χ2n) is 8.46. The molecule has 0 bridgehead atoms. The third-order valence-electron chi connectivity index (χ3n) is 6.11. The summed E-state index contributed by atoms with van der Waals surface area (Å²) in [5.74, 6) is 1.62. The first-order valence-electron chi connectivity index (χ1n) is 11.4. The van der Waals surface area contributed by atoms with Crippen LogP contribution in [0.5, 0.6) is 0 Å². The molecule has 0 spiro atoms. The van der Waals surface area contributed by atoms with Crippen LogP contribution in [0.1, 0.15) is 17.0 Å². The Morgan fingerprint density at radius 1 is 1.00 bits per heavy atom. The Morgan fingerprint density at radius 2 is 1.83 bits per heavy atom. The van der Waals surface area contributed by atoms with Crippen LogP contribution in [0.2, 0.25) is 0 Å². The van der Waals surface area contributed by atoms with Crippen LogP contribution < -0.4 is 5.56 Å². The van der Waals surface area contributed by atoms with Gasteiger partial charge >= 0.3 is 0 Å². The molecule has 0 aliphatic carbocycles. The van der Waals surface area contributed by atoms with Crippen molar-refractivity contribution in [3.05, 3.63) is 111 Å². The second kappa shape index (κ2) is 8.73. The van der Waals surface area contributed by atoms with Crippen LogP contribution in [0.3, 0.4) is 0 Å². The van der Waals surface area contributed by atoms with Crippen LogP contribution in [0.4, 0.5) is 0 Å². The Kier molecular flexibility index (Phi) is 5.38. The molecule has 0 radical (unpaired) electrons. The molecule has 4 heterocycles. The van der Waals surface area contributed by atoms with E-state index in [1.54, 1.807) is 18.5 Å². The van der Waals surface area contributed by atoms with Crippen molar-refractivity contribution in [3.63, 3.8) is 0 Å². The molecule has 0 fully saturated rings. The molecule has 0 atom stereocenters. The van der Waals surface area contributed by atoms with E-state index < -0.39 is 0 Å². The monoisotopic (exact) mass is 537 g/mol. The topological polar surface area (TPSA) is 78.2 Å². The summed E-state index contributed by atoms with van der Waals surface area (Å²) in [4.78, 5) is 22.8. The predicted molar refractivity (Wildman–Crippen MR) is 145 cm³/mol. The van der Waals surface area contributed by atoms with Gasteiger partial charge in [-0.1, -0.05) is 34.1 Å². The Balaban J connectivity index is 1.53. The van der Waals surface area contributed by atoms with Crippen molar-refractivity contribution in [3.8, 4) is 17.4 Å². The zero-order valence-corrected chi connectivity index (χ0v) is 21.1. The highest BCUT2D eigenvalue weighted by Crippen LogP contribution is 2.29. The summed E-state index contributed by atoms with van der Waals surface area (Å²) in [6, 6.07) is 22.7. The molecule has 0 aliphatic rings. The molecule has 176 valence electrons. The van der Waals surface area contributed by atoms with Crippen LogP contribution in [-0.4, -0.2) is 25.4 Å². The van der Waals surface area contributed by atoms with Gasteiger partial charge in [-0.15, -0.1) is 0 Å². The van der Waals surface area contributed by atoms with Crippen LogP contribution in [-0.2, 0) is 0 Å². The van der Waals surface area contributed by atoms with Gasteiger partial charge in [0.2, 0.25) is 5.82 Å². The van der Waals surface area contributed by atoms with Crippen molar-refractivity contribution in [1.29, 1.82) is 0 Å². The minimum Gasteiger partial charge on any atom is -0.453 e. The van der Waals surface area contributed by atoms with Gasteiger partial charge in [-0.2, -0.15) is 9.78 Å². The van der Waals surface area contributed by atoms with Crippen LogP contribution in [0.25, 0.3) is 39.3 Å². The van der Waals surface area contributed by atoms with Gasteiger partial charge in [-0.05, 0) is 68.4 Å². The van der Waals surface area contributed by atoms with E-state index in [4.69, 9.17) is 9.40 Å². The van der Waals surface area contributed by atoms with Crippen molar-refractivity contribution < 1.29 is 4.42 Å². The highest BCUT2D eigenvalue weighted by atomic mass is 79.9. The molecule has 2 aromatic carbocycles. The molecule has 36 heavy (non-hydrogen) atoms. The molecule has 6 rings (SSSR count). The van der Waals surface area contributed by atoms with Gasteiger partial charge in [0.25, 0.3) is 5.56 Å². The zero-order valence-electron chi connectivity index (χ0n) is 19.5. The van der Waals surface area contributed by atoms with Crippen molar-refractivity contribution >= 4 is 44.0 Å². The maximum atomic E-state index is 13.5. The number of aromatic nitrogens is 4. The lowest BCUT2D eigenvalue weighted by Gasteiger charge is -2.08.